The Hall–Kier alpha value is -1.09. The first kappa shape index (κ1) is 12.5. The number of carbonyl (C=O) groups excluding carboxylic acids is 1. The van der Waals surface area contributed by atoms with E-state index in [9.17, 15) is 4.79 Å². The molecule has 1 aromatic heterocycles. The van der Waals surface area contributed by atoms with Crippen molar-refractivity contribution in [3.05, 3.63) is 28.5 Å². The first-order chi connectivity index (χ1) is 10.1. The summed E-state index contributed by atoms with van der Waals surface area (Å²) in [7, 11) is 0. The van der Waals surface area contributed by atoms with E-state index < -0.39 is 0 Å². The third-order valence-electron chi connectivity index (χ3n) is 6.50. The lowest BCUT2D eigenvalue weighted by atomic mass is 9.67. The van der Waals surface area contributed by atoms with Crippen molar-refractivity contribution in [1.29, 1.82) is 0 Å². The number of carbonyl (C=O) groups is 1. The third-order valence-corrected chi connectivity index (χ3v) is 6.80. The van der Waals surface area contributed by atoms with Gasteiger partial charge >= 0.3 is 0 Å². The van der Waals surface area contributed by atoms with Crippen molar-refractivity contribution in [3.8, 4) is 0 Å². The Morgan fingerprint density at radius 1 is 1.43 bits per heavy atom. The molecule has 110 valence electrons. The maximum atomic E-state index is 13.1. The van der Waals surface area contributed by atoms with E-state index in [4.69, 9.17) is 11.6 Å². The molecule has 1 amide bonds. The number of rotatable bonds is 1. The van der Waals surface area contributed by atoms with Gasteiger partial charge < -0.3 is 4.90 Å². The summed E-state index contributed by atoms with van der Waals surface area (Å²) in [5.41, 5.74) is 2.44. The van der Waals surface area contributed by atoms with Gasteiger partial charge in [0.05, 0.1) is 11.1 Å². The van der Waals surface area contributed by atoms with Gasteiger partial charge in [0, 0.05) is 30.3 Å². The standard InChI is InChI=1S/C17H19ClN2O/c1-9-8-20(16(21)17-3-2-10(4-17)5-17)15-11-6-19-7-12(18)14(11)13(9)15/h6-7,9-10,13,15H,2-5,8H2,1H3/t9-,10?,13?,15+,17?/m0/s1. The monoisotopic (exact) mass is 302 g/mol. The molecule has 1 saturated heterocycles. The van der Waals surface area contributed by atoms with E-state index in [1.54, 1.807) is 6.20 Å². The van der Waals surface area contributed by atoms with Gasteiger partial charge in [-0.2, -0.15) is 0 Å². The van der Waals surface area contributed by atoms with Crippen molar-refractivity contribution < 1.29 is 4.79 Å². The second-order valence-electron chi connectivity index (χ2n) is 7.62. The maximum absolute atomic E-state index is 13.1. The number of aromatic nitrogens is 1. The van der Waals surface area contributed by atoms with Crippen LogP contribution in [0, 0.1) is 17.3 Å². The van der Waals surface area contributed by atoms with Crippen molar-refractivity contribution >= 4 is 17.5 Å². The number of hydrogen-bond acceptors (Lipinski definition) is 2. The molecule has 2 bridgehead atoms. The molecule has 0 radical (unpaired) electrons. The fourth-order valence-electron chi connectivity index (χ4n) is 5.53. The Morgan fingerprint density at radius 2 is 2.24 bits per heavy atom. The van der Waals surface area contributed by atoms with Crippen LogP contribution in [0.5, 0.6) is 0 Å². The topological polar surface area (TPSA) is 33.2 Å². The van der Waals surface area contributed by atoms with Gasteiger partial charge in [0.1, 0.15) is 0 Å². The lowest BCUT2D eigenvalue weighted by Gasteiger charge is -2.45. The first-order valence-electron chi connectivity index (χ1n) is 8.05. The molecule has 4 heteroatoms. The van der Waals surface area contributed by atoms with E-state index in [0.717, 1.165) is 36.7 Å². The molecule has 1 aromatic rings. The highest BCUT2D eigenvalue weighted by Gasteiger charge is 2.61. The smallest absolute Gasteiger partial charge is 0.229 e. The van der Waals surface area contributed by atoms with Crippen LogP contribution in [0.25, 0.3) is 0 Å². The molecule has 1 aliphatic heterocycles. The molecule has 1 unspecified atom stereocenters. The molecular weight excluding hydrogens is 284 g/mol. The molecule has 0 N–H and O–H groups in total. The van der Waals surface area contributed by atoms with Gasteiger partial charge in [0.2, 0.25) is 5.91 Å². The van der Waals surface area contributed by atoms with E-state index in [0.29, 0.717) is 17.7 Å². The average Bonchev–Trinajstić information content (AvgIpc) is 3.05. The number of pyridine rings is 1. The highest BCUT2D eigenvalue weighted by Crippen LogP contribution is 2.64. The summed E-state index contributed by atoms with van der Waals surface area (Å²) in [6.45, 7) is 3.13. The highest BCUT2D eigenvalue weighted by atomic mass is 35.5. The number of halogens is 1. The summed E-state index contributed by atoms with van der Waals surface area (Å²) in [6.07, 6.45) is 8.28. The number of hydrogen-bond donors (Lipinski definition) is 0. The van der Waals surface area contributed by atoms with Crippen LogP contribution in [0.1, 0.15) is 55.7 Å². The average molecular weight is 303 g/mol. The normalized spacial score (nSPS) is 42.1. The van der Waals surface area contributed by atoms with Gasteiger partial charge in [-0.15, -0.1) is 0 Å². The molecule has 3 atom stereocenters. The van der Waals surface area contributed by atoms with Crippen LogP contribution >= 0.6 is 11.6 Å². The minimum atomic E-state index is 0.00103. The summed E-state index contributed by atoms with van der Waals surface area (Å²) in [5, 5.41) is 0.776. The van der Waals surface area contributed by atoms with Crippen molar-refractivity contribution in [1.82, 2.24) is 9.88 Å². The Kier molecular flexibility index (Phi) is 2.26. The van der Waals surface area contributed by atoms with Crippen LogP contribution < -0.4 is 0 Å². The molecule has 4 aliphatic carbocycles. The van der Waals surface area contributed by atoms with Gasteiger partial charge in [-0.05, 0) is 48.6 Å². The van der Waals surface area contributed by atoms with Crippen molar-refractivity contribution in [2.24, 2.45) is 17.3 Å². The van der Waals surface area contributed by atoms with E-state index >= 15 is 0 Å². The minimum Gasteiger partial charge on any atom is -0.334 e. The summed E-state index contributed by atoms with van der Waals surface area (Å²) in [5.74, 6) is 2.17. The summed E-state index contributed by atoms with van der Waals surface area (Å²) >= 11 is 6.32. The molecule has 0 aromatic carbocycles. The molecule has 2 heterocycles. The molecule has 5 aliphatic rings. The van der Waals surface area contributed by atoms with Crippen LogP contribution in [0.3, 0.4) is 0 Å². The zero-order valence-electron chi connectivity index (χ0n) is 12.2. The predicted molar refractivity (Wildman–Crippen MR) is 80.0 cm³/mol. The summed E-state index contributed by atoms with van der Waals surface area (Å²) in [4.78, 5) is 19.5. The summed E-state index contributed by atoms with van der Waals surface area (Å²) < 4.78 is 0. The summed E-state index contributed by atoms with van der Waals surface area (Å²) in [6, 6.07) is 0.239. The molecule has 4 fully saturated rings. The van der Waals surface area contributed by atoms with E-state index in [-0.39, 0.29) is 11.5 Å². The zero-order chi connectivity index (χ0) is 14.4. The second-order valence-corrected chi connectivity index (χ2v) is 8.03. The van der Waals surface area contributed by atoms with Crippen LogP contribution in [0.15, 0.2) is 12.4 Å². The Bertz CT molecular complexity index is 647. The highest BCUT2D eigenvalue weighted by molar-refractivity contribution is 6.31. The van der Waals surface area contributed by atoms with E-state index in [1.807, 2.05) is 6.20 Å². The maximum Gasteiger partial charge on any atom is 0.229 e. The molecule has 3 saturated carbocycles. The van der Waals surface area contributed by atoms with Crippen LogP contribution in [-0.4, -0.2) is 22.3 Å². The van der Waals surface area contributed by atoms with Crippen LogP contribution in [0.2, 0.25) is 5.02 Å². The van der Waals surface area contributed by atoms with Gasteiger partial charge in [-0.3, -0.25) is 9.78 Å². The Labute approximate surface area is 129 Å². The molecule has 3 nitrogen and oxygen atoms in total. The van der Waals surface area contributed by atoms with Gasteiger partial charge in [-0.25, -0.2) is 0 Å². The molecule has 6 rings (SSSR count). The first-order valence-corrected chi connectivity index (χ1v) is 8.43. The fourth-order valence-corrected chi connectivity index (χ4v) is 5.82. The minimum absolute atomic E-state index is 0.00103. The molecular formula is C17H19ClN2O. The van der Waals surface area contributed by atoms with E-state index in [1.165, 1.54) is 17.5 Å². The van der Waals surface area contributed by atoms with Crippen LogP contribution in [-0.2, 0) is 4.79 Å². The number of amides is 1. The van der Waals surface area contributed by atoms with Crippen molar-refractivity contribution in [2.75, 3.05) is 6.54 Å². The molecule has 0 spiro atoms. The number of nitrogens with zero attached hydrogens (tertiary/aromatic N) is 2. The predicted octanol–water partition coefficient (Wildman–Crippen LogP) is 3.54. The lowest BCUT2D eigenvalue weighted by molar-refractivity contribution is -0.148. The van der Waals surface area contributed by atoms with Crippen LogP contribution in [0.4, 0.5) is 0 Å². The van der Waals surface area contributed by atoms with Gasteiger partial charge in [0.25, 0.3) is 0 Å². The largest absolute Gasteiger partial charge is 0.334 e. The van der Waals surface area contributed by atoms with Gasteiger partial charge in [-0.1, -0.05) is 18.5 Å². The van der Waals surface area contributed by atoms with Crippen molar-refractivity contribution in [3.63, 3.8) is 0 Å². The number of likely N-dealkylation sites (tertiary alicyclic amines) is 1. The fraction of sp³-hybridized carbons (Fsp3) is 0.647. The Balaban J connectivity index is 1.51. The van der Waals surface area contributed by atoms with E-state index in [2.05, 4.69) is 16.8 Å². The lowest BCUT2D eigenvalue weighted by Crippen LogP contribution is -2.48. The number of fused-ring (bicyclic) bond motifs is 5. The quantitative estimate of drug-likeness (QED) is 0.795. The Morgan fingerprint density at radius 3 is 2.95 bits per heavy atom. The van der Waals surface area contributed by atoms with Crippen molar-refractivity contribution in [2.45, 2.75) is 44.6 Å². The van der Waals surface area contributed by atoms with Gasteiger partial charge in [0.15, 0.2) is 0 Å². The third kappa shape index (κ3) is 1.37. The zero-order valence-corrected chi connectivity index (χ0v) is 12.9. The second kappa shape index (κ2) is 3.81. The SMILES string of the molecule is C[C@H]1CN(C(=O)C23CCC(C2)C3)[C@@H]2c3cncc(Cl)c3C21. The molecule has 21 heavy (non-hydrogen) atoms.